The topological polar surface area (TPSA) is 78.9 Å². The zero-order valence-corrected chi connectivity index (χ0v) is 16.2. The molecule has 4 bridgehead atoms. The lowest BCUT2D eigenvalue weighted by molar-refractivity contribution is -0.181. The molecule has 0 heterocycles. The maximum atomic E-state index is 12.2. The fourth-order valence-electron chi connectivity index (χ4n) is 5.11. The lowest BCUT2D eigenvalue weighted by atomic mass is 9.73. The SMILES string of the molecule is CCC(C)(C)C(=O)OCC(=O)OCC(=O)OC1(C)C2CC3CC(C2)C1C3. The van der Waals surface area contributed by atoms with Gasteiger partial charge >= 0.3 is 17.9 Å². The first kappa shape index (κ1) is 19.2. The van der Waals surface area contributed by atoms with Crippen LogP contribution in [-0.2, 0) is 28.6 Å². The molecular weight excluding hydrogens is 336 g/mol. The maximum absolute atomic E-state index is 12.2. The number of hydrogen-bond acceptors (Lipinski definition) is 6. The van der Waals surface area contributed by atoms with Gasteiger partial charge in [-0.3, -0.25) is 4.79 Å². The zero-order valence-electron chi connectivity index (χ0n) is 16.2. The highest BCUT2D eigenvalue weighted by Gasteiger charge is 2.62. The van der Waals surface area contributed by atoms with E-state index in [-0.39, 0.29) is 0 Å². The van der Waals surface area contributed by atoms with Gasteiger partial charge in [-0.05, 0) is 70.6 Å². The number of rotatable bonds is 7. The van der Waals surface area contributed by atoms with Gasteiger partial charge in [-0.1, -0.05) is 6.92 Å². The van der Waals surface area contributed by atoms with E-state index in [9.17, 15) is 14.4 Å². The van der Waals surface area contributed by atoms with Gasteiger partial charge in [0, 0.05) is 5.92 Å². The molecule has 4 aliphatic carbocycles. The van der Waals surface area contributed by atoms with Crippen molar-refractivity contribution in [2.45, 2.75) is 65.4 Å². The van der Waals surface area contributed by atoms with E-state index in [0.29, 0.717) is 24.2 Å². The second kappa shape index (κ2) is 6.86. The predicted octanol–water partition coefficient (Wildman–Crippen LogP) is 2.88. The molecule has 0 radical (unpaired) electrons. The van der Waals surface area contributed by atoms with Gasteiger partial charge in [0.15, 0.2) is 13.2 Å². The Hall–Kier alpha value is -1.59. The van der Waals surface area contributed by atoms with E-state index in [1.807, 2.05) is 13.8 Å². The molecular formula is C20H30O6. The molecule has 26 heavy (non-hydrogen) atoms. The molecule has 4 rings (SSSR count). The first-order valence-electron chi connectivity index (χ1n) is 9.70. The maximum Gasteiger partial charge on any atom is 0.344 e. The van der Waals surface area contributed by atoms with Crippen LogP contribution in [0.4, 0.5) is 0 Å². The molecule has 4 fully saturated rings. The van der Waals surface area contributed by atoms with Crippen molar-refractivity contribution in [2.75, 3.05) is 13.2 Å². The Morgan fingerprint density at radius 1 is 1.00 bits per heavy atom. The van der Waals surface area contributed by atoms with Crippen molar-refractivity contribution in [2.24, 2.45) is 29.1 Å². The summed E-state index contributed by atoms with van der Waals surface area (Å²) in [5, 5.41) is 0. The van der Waals surface area contributed by atoms with Crippen LogP contribution >= 0.6 is 0 Å². The van der Waals surface area contributed by atoms with Crippen molar-refractivity contribution in [1.29, 1.82) is 0 Å². The van der Waals surface area contributed by atoms with Gasteiger partial charge in [0.05, 0.1) is 5.41 Å². The summed E-state index contributed by atoms with van der Waals surface area (Å²) in [5.41, 5.74) is -1.06. The van der Waals surface area contributed by atoms with Gasteiger partial charge in [0.1, 0.15) is 5.60 Å². The van der Waals surface area contributed by atoms with Crippen LogP contribution in [0.25, 0.3) is 0 Å². The Balaban J connectivity index is 1.42. The highest BCUT2D eigenvalue weighted by molar-refractivity contribution is 5.81. The molecule has 5 atom stereocenters. The average molecular weight is 366 g/mol. The predicted molar refractivity (Wildman–Crippen MR) is 92.9 cm³/mol. The third-order valence-electron chi connectivity index (χ3n) is 6.99. The molecule has 0 amide bonds. The van der Waals surface area contributed by atoms with Gasteiger partial charge < -0.3 is 14.2 Å². The van der Waals surface area contributed by atoms with Gasteiger partial charge in [-0.15, -0.1) is 0 Å². The number of carbonyl (C=O) groups is 3. The van der Waals surface area contributed by atoms with Crippen molar-refractivity contribution in [3.63, 3.8) is 0 Å². The molecule has 0 aromatic carbocycles. The monoisotopic (exact) mass is 366 g/mol. The van der Waals surface area contributed by atoms with E-state index in [1.165, 1.54) is 6.42 Å². The first-order chi connectivity index (χ1) is 12.2. The van der Waals surface area contributed by atoms with Crippen LogP contribution in [0.5, 0.6) is 0 Å². The van der Waals surface area contributed by atoms with Crippen molar-refractivity contribution in [1.82, 2.24) is 0 Å². The van der Waals surface area contributed by atoms with E-state index < -0.39 is 42.1 Å². The Morgan fingerprint density at radius 2 is 1.69 bits per heavy atom. The molecule has 0 N–H and O–H groups in total. The van der Waals surface area contributed by atoms with E-state index in [1.54, 1.807) is 13.8 Å². The van der Waals surface area contributed by atoms with Crippen LogP contribution in [-0.4, -0.2) is 36.7 Å². The number of ether oxygens (including phenoxy) is 3. The van der Waals surface area contributed by atoms with E-state index in [4.69, 9.17) is 14.2 Å². The molecule has 4 aliphatic rings. The summed E-state index contributed by atoms with van der Waals surface area (Å²) in [4.78, 5) is 35.8. The second-order valence-electron chi connectivity index (χ2n) is 9.00. The summed E-state index contributed by atoms with van der Waals surface area (Å²) in [7, 11) is 0. The highest BCUT2D eigenvalue weighted by Crippen LogP contribution is 2.63. The minimum atomic E-state index is -0.735. The summed E-state index contributed by atoms with van der Waals surface area (Å²) >= 11 is 0. The average Bonchev–Trinajstić information content (AvgIpc) is 2.99. The Morgan fingerprint density at radius 3 is 2.35 bits per heavy atom. The van der Waals surface area contributed by atoms with Gasteiger partial charge in [-0.2, -0.15) is 0 Å². The molecule has 6 nitrogen and oxygen atoms in total. The standard InChI is InChI=1S/C20H30O6/c1-5-19(2,3)18(23)25-10-16(21)24-11-17(22)26-20(4)14-7-12-6-13(9-14)15(20)8-12/h12-15H,5-11H2,1-4H3. The Kier molecular flexibility index (Phi) is 5.06. The Labute approximate surface area is 154 Å². The molecule has 0 aromatic heterocycles. The number of esters is 3. The van der Waals surface area contributed by atoms with Crippen LogP contribution in [0.15, 0.2) is 0 Å². The first-order valence-corrected chi connectivity index (χ1v) is 9.70. The minimum absolute atomic E-state index is 0.418. The Bertz CT molecular complexity index is 593. The molecule has 0 aliphatic heterocycles. The fourth-order valence-corrected chi connectivity index (χ4v) is 5.11. The highest BCUT2D eigenvalue weighted by atomic mass is 16.6. The number of hydrogen-bond donors (Lipinski definition) is 0. The zero-order chi connectivity index (χ0) is 19.1. The lowest BCUT2D eigenvalue weighted by Gasteiger charge is -2.41. The summed E-state index contributed by atoms with van der Waals surface area (Å²) < 4.78 is 15.7. The van der Waals surface area contributed by atoms with Crippen molar-refractivity contribution in [3.05, 3.63) is 0 Å². The summed E-state index contributed by atoms with van der Waals surface area (Å²) in [6.45, 7) is 6.50. The molecule has 0 saturated heterocycles. The molecule has 5 unspecified atom stereocenters. The molecule has 4 saturated carbocycles. The van der Waals surface area contributed by atoms with Gasteiger partial charge in [-0.25, -0.2) is 9.59 Å². The minimum Gasteiger partial charge on any atom is -0.456 e. The molecule has 0 spiro atoms. The lowest BCUT2D eigenvalue weighted by Crippen LogP contribution is -2.45. The molecule has 0 aromatic rings. The third-order valence-corrected chi connectivity index (χ3v) is 6.99. The second-order valence-corrected chi connectivity index (χ2v) is 9.00. The molecule has 146 valence electrons. The van der Waals surface area contributed by atoms with Crippen LogP contribution in [0, 0.1) is 29.1 Å². The smallest absolute Gasteiger partial charge is 0.344 e. The van der Waals surface area contributed by atoms with Crippen molar-refractivity contribution in [3.8, 4) is 0 Å². The van der Waals surface area contributed by atoms with Crippen molar-refractivity contribution < 1.29 is 28.6 Å². The normalized spacial score (nSPS) is 34.6. The van der Waals surface area contributed by atoms with E-state index >= 15 is 0 Å². The third kappa shape index (κ3) is 3.47. The molecule has 6 heteroatoms. The van der Waals surface area contributed by atoms with Crippen LogP contribution in [0.2, 0.25) is 0 Å². The van der Waals surface area contributed by atoms with Crippen LogP contribution in [0.1, 0.15) is 59.8 Å². The summed E-state index contributed by atoms with van der Waals surface area (Å²) in [6, 6.07) is 0. The van der Waals surface area contributed by atoms with E-state index in [2.05, 4.69) is 0 Å². The summed E-state index contributed by atoms with van der Waals surface area (Å²) in [5.74, 6) is 0.656. The van der Waals surface area contributed by atoms with Gasteiger partial charge in [0.2, 0.25) is 0 Å². The van der Waals surface area contributed by atoms with Crippen LogP contribution < -0.4 is 0 Å². The van der Waals surface area contributed by atoms with Crippen LogP contribution in [0.3, 0.4) is 0 Å². The van der Waals surface area contributed by atoms with E-state index in [0.717, 1.165) is 25.2 Å². The quantitative estimate of drug-likeness (QED) is 0.509. The van der Waals surface area contributed by atoms with Gasteiger partial charge in [0.25, 0.3) is 0 Å². The van der Waals surface area contributed by atoms with Crippen molar-refractivity contribution >= 4 is 17.9 Å². The number of carbonyl (C=O) groups excluding carboxylic acids is 3. The fraction of sp³-hybridized carbons (Fsp3) is 0.850. The largest absolute Gasteiger partial charge is 0.456 e. The summed E-state index contributed by atoms with van der Waals surface area (Å²) in [6.07, 6.45) is 5.31.